The molecule has 1 amide bonds. The van der Waals surface area contributed by atoms with Gasteiger partial charge in [0.15, 0.2) is 5.69 Å². The number of aliphatic hydroxyl groups is 1. The second-order valence-corrected chi connectivity index (χ2v) is 7.80. The van der Waals surface area contributed by atoms with E-state index in [0.29, 0.717) is 36.1 Å². The molecule has 2 heterocycles. The number of amides is 1. The number of hydrogen-bond donors (Lipinski definition) is 3. The SMILES string of the molecule is COC(=O)c1c(NC(C)=O)c2cc(NC(C)CCO)cnc2n1CCc1ccc(OC)cc1. The van der Waals surface area contributed by atoms with Crippen molar-refractivity contribution in [1.29, 1.82) is 0 Å². The number of fused-ring (bicyclic) bond motifs is 1. The molecule has 9 heteroatoms. The highest BCUT2D eigenvalue weighted by Gasteiger charge is 2.25. The predicted molar refractivity (Wildman–Crippen MR) is 127 cm³/mol. The van der Waals surface area contributed by atoms with E-state index in [-0.39, 0.29) is 24.2 Å². The summed E-state index contributed by atoms with van der Waals surface area (Å²) in [5.74, 6) is -0.0958. The molecule has 0 aliphatic heterocycles. The monoisotopic (exact) mass is 454 g/mol. The number of aliphatic hydroxyl groups excluding tert-OH is 1. The highest BCUT2D eigenvalue weighted by Crippen LogP contribution is 2.33. The van der Waals surface area contributed by atoms with Crippen molar-refractivity contribution >= 4 is 34.3 Å². The van der Waals surface area contributed by atoms with Gasteiger partial charge in [0, 0.05) is 31.5 Å². The Morgan fingerprint density at radius 3 is 2.55 bits per heavy atom. The van der Waals surface area contributed by atoms with Gasteiger partial charge in [0.2, 0.25) is 5.91 Å². The minimum absolute atomic E-state index is 0.0238. The fourth-order valence-electron chi connectivity index (χ4n) is 3.72. The third kappa shape index (κ3) is 5.61. The average molecular weight is 455 g/mol. The number of aryl methyl sites for hydroxylation is 2. The molecule has 0 radical (unpaired) electrons. The lowest BCUT2D eigenvalue weighted by atomic mass is 10.1. The third-order valence-corrected chi connectivity index (χ3v) is 5.34. The molecule has 1 aromatic carbocycles. The van der Waals surface area contributed by atoms with Crippen molar-refractivity contribution in [3.05, 3.63) is 47.8 Å². The number of benzene rings is 1. The van der Waals surface area contributed by atoms with Crippen molar-refractivity contribution in [2.75, 3.05) is 31.5 Å². The number of nitrogens with one attached hydrogen (secondary N) is 2. The van der Waals surface area contributed by atoms with E-state index >= 15 is 0 Å². The van der Waals surface area contributed by atoms with Crippen LogP contribution in [0.3, 0.4) is 0 Å². The standard InChI is InChI=1S/C24H30N4O5/c1-15(10-12-29)26-18-13-20-21(27-16(2)30)22(24(31)33-4)28(23(20)25-14-18)11-9-17-5-7-19(32-3)8-6-17/h5-8,13-15,26,29H,9-12H2,1-4H3,(H,27,30). The Morgan fingerprint density at radius 2 is 1.94 bits per heavy atom. The van der Waals surface area contributed by atoms with Gasteiger partial charge in [-0.2, -0.15) is 0 Å². The summed E-state index contributed by atoms with van der Waals surface area (Å²) in [4.78, 5) is 29.3. The number of aromatic nitrogens is 2. The minimum Gasteiger partial charge on any atom is -0.497 e. The molecule has 9 nitrogen and oxygen atoms in total. The molecule has 0 saturated carbocycles. The lowest BCUT2D eigenvalue weighted by molar-refractivity contribution is -0.114. The van der Waals surface area contributed by atoms with Crippen molar-refractivity contribution in [3.8, 4) is 5.75 Å². The summed E-state index contributed by atoms with van der Waals surface area (Å²) in [5, 5.41) is 15.9. The number of carbonyl (C=O) groups excluding carboxylic acids is 2. The first-order valence-electron chi connectivity index (χ1n) is 10.8. The first kappa shape index (κ1) is 24.1. The van der Waals surface area contributed by atoms with Gasteiger partial charge in [0.05, 0.1) is 31.8 Å². The zero-order valence-corrected chi connectivity index (χ0v) is 19.3. The maximum atomic E-state index is 12.8. The Bertz CT molecular complexity index is 1120. The number of rotatable bonds is 10. The maximum Gasteiger partial charge on any atom is 0.356 e. The first-order chi connectivity index (χ1) is 15.9. The number of methoxy groups -OCH3 is 2. The number of pyridine rings is 1. The van der Waals surface area contributed by atoms with Crippen LogP contribution >= 0.6 is 0 Å². The summed E-state index contributed by atoms with van der Waals surface area (Å²) in [6.45, 7) is 3.86. The largest absolute Gasteiger partial charge is 0.497 e. The molecule has 0 spiro atoms. The first-order valence-corrected chi connectivity index (χ1v) is 10.8. The second-order valence-electron chi connectivity index (χ2n) is 7.80. The smallest absolute Gasteiger partial charge is 0.356 e. The van der Waals surface area contributed by atoms with Crippen LogP contribution in [0.2, 0.25) is 0 Å². The van der Waals surface area contributed by atoms with Crippen LogP contribution in [-0.4, -0.2) is 53.4 Å². The molecular formula is C24H30N4O5. The molecule has 0 aliphatic carbocycles. The molecule has 0 bridgehead atoms. The number of hydrogen-bond acceptors (Lipinski definition) is 7. The van der Waals surface area contributed by atoms with Crippen LogP contribution in [0.15, 0.2) is 36.5 Å². The van der Waals surface area contributed by atoms with Crippen LogP contribution in [-0.2, 0) is 22.5 Å². The molecule has 0 fully saturated rings. The lowest BCUT2D eigenvalue weighted by Crippen LogP contribution is -2.16. The van der Waals surface area contributed by atoms with Crippen molar-refractivity contribution in [1.82, 2.24) is 9.55 Å². The summed E-state index contributed by atoms with van der Waals surface area (Å²) in [6.07, 6.45) is 2.89. The topological polar surface area (TPSA) is 115 Å². The number of ether oxygens (including phenoxy) is 2. The number of nitrogens with zero attached hydrogens (tertiary/aromatic N) is 2. The Morgan fingerprint density at radius 1 is 1.21 bits per heavy atom. The predicted octanol–water partition coefficient (Wildman–Crippen LogP) is 3.22. The van der Waals surface area contributed by atoms with E-state index in [4.69, 9.17) is 9.47 Å². The zero-order chi connectivity index (χ0) is 24.0. The van der Waals surface area contributed by atoms with Gasteiger partial charge in [-0.3, -0.25) is 4.79 Å². The third-order valence-electron chi connectivity index (χ3n) is 5.34. The van der Waals surface area contributed by atoms with Crippen LogP contribution in [0.5, 0.6) is 5.75 Å². The maximum absolute atomic E-state index is 12.8. The van der Waals surface area contributed by atoms with Crippen LogP contribution in [0.1, 0.15) is 36.3 Å². The highest BCUT2D eigenvalue weighted by atomic mass is 16.5. The van der Waals surface area contributed by atoms with Gasteiger partial charge in [-0.1, -0.05) is 12.1 Å². The Hall–Kier alpha value is -3.59. The quantitative estimate of drug-likeness (QED) is 0.403. The van der Waals surface area contributed by atoms with Gasteiger partial charge in [0.1, 0.15) is 11.4 Å². The van der Waals surface area contributed by atoms with E-state index in [0.717, 1.165) is 17.0 Å². The molecule has 1 unspecified atom stereocenters. The van der Waals surface area contributed by atoms with E-state index in [2.05, 4.69) is 15.6 Å². The van der Waals surface area contributed by atoms with Gasteiger partial charge < -0.3 is 29.8 Å². The van der Waals surface area contributed by atoms with E-state index < -0.39 is 5.97 Å². The van der Waals surface area contributed by atoms with E-state index in [9.17, 15) is 14.7 Å². The summed E-state index contributed by atoms with van der Waals surface area (Å²) in [7, 11) is 2.93. The average Bonchev–Trinajstić information content (AvgIpc) is 3.09. The summed E-state index contributed by atoms with van der Waals surface area (Å²) in [6, 6.07) is 9.57. The molecule has 1 atom stereocenters. The summed E-state index contributed by atoms with van der Waals surface area (Å²) < 4.78 is 12.0. The van der Waals surface area contributed by atoms with Crippen molar-refractivity contribution in [2.24, 2.45) is 0 Å². The fourth-order valence-corrected chi connectivity index (χ4v) is 3.72. The van der Waals surface area contributed by atoms with Crippen LogP contribution < -0.4 is 15.4 Å². The van der Waals surface area contributed by atoms with E-state index in [1.807, 2.05) is 37.3 Å². The Labute approximate surface area is 192 Å². The van der Waals surface area contributed by atoms with Crippen molar-refractivity contribution < 1.29 is 24.2 Å². The molecule has 0 aliphatic rings. The molecular weight excluding hydrogens is 424 g/mol. The summed E-state index contributed by atoms with van der Waals surface area (Å²) in [5.41, 5.74) is 2.95. The lowest BCUT2D eigenvalue weighted by Gasteiger charge is -2.14. The van der Waals surface area contributed by atoms with Crippen LogP contribution in [0, 0.1) is 0 Å². The van der Waals surface area contributed by atoms with E-state index in [1.54, 1.807) is 17.9 Å². The van der Waals surface area contributed by atoms with Crippen LogP contribution in [0.25, 0.3) is 11.0 Å². The highest BCUT2D eigenvalue weighted by molar-refractivity contribution is 6.10. The molecule has 2 aromatic heterocycles. The molecule has 176 valence electrons. The van der Waals surface area contributed by atoms with Gasteiger partial charge in [-0.25, -0.2) is 9.78 Å². The second kappa shape index (κ2) is 10.8. The normalized spacial score (nSPS) is 11.8. The van der Waals surface area contributed by atoms with Crippen molar-refractivity contribution in [3.63, 3.8) is 0 Å². The van der Waals surface area contributed by atoms with Gasteiger partial charge >= 0.3 is 5.97 Å². The zero-order valence-electron chi connectivity index (χ0n) is 19.3. The van der Waals surface area contributed by atoms with Gasteiger partial charge in [-0.15, -0.1) is 0 Å². The minimum atomic E-state index is -0.561. The molecule has 0 saturated heterocycles. The molecule has 3 aromatic rings. The number of esters is 1. The van der Waals surface area contributed by atoms with Gasteiger partial charge in [-0.05, 0) is 43.5 Å². The molecule has 33 heavy (non-hydrogen) atoms. The van der Waals surface area contributed by atoms with Crippen LogP contribution in [0.4, 0.5) is 11.4 Å². The Balaban J connectivity index is 2.06. The number of carbonyl (C=O) groups is 2. The fraction of sp³-hybridized carbons (Fsp3) is 0.375. The molecule has 3 N–H and O–H groups in total. The van der Waals surface area contributed by atoms with E-state index in [1.165, 1.54) is 14.0 Å². The number of anilines is 2. The molecule has 3 rings (SSSR count). The van der Waals surface area contributed by atoms with Crippen molar-refractivity contribution in [2.45, 2.75) is 39.3 Å². The summed E-state index contributed by atoms with van der Waals surface area (Å²) >= 11 is 0. The Kier molecular flexibility index (Phi) is 7.89. The van der Waals surface area contributed by atoms with Gasteiger partial charge in [0.25, 0.3) is 0 Å².